The predicted octanol–water partition coefficient (Wildman–Crippen LogP) is 6.32. The molecule has 3 unspecified atom stereocenters. The van der Waals surface area contributed by atoms with Crippen LogP contribution < -0.4 is 0 Å². The average Bonchev–Trinajstić information content (AvgIpc) is 2.56. The fourth-order valence-corrected chi connectivity index (χ4v) is 3.23. The Labute approximate surface area is 173 Å². The summed E-state index contributed by atoms with van der Waals surface area (Å²) in [7, 11) is 0. The molecular formula is C22H39F3O4. The highest BCUT2D eigenvalue weighted by molar-refractivity contribution is 5.77. The predicted molar refractivity (Wildman–Crippen MR) is 107 cm³/mol. The van der Waals surface area contributed by atoms with Gasteiger partial charge in [0.15, 0.2) is 6.61 Å². The number of halogens is 3. The third kappa shape index (κ3) is 8.95. The third-order valence-corrected chi connectivity index (χ3v) is 5.89. The molecule has 0 radical (unpaired) electrons. The molecule has 4 nitrogen and oxygen atoms in total. The first kappa shape index (κ1) is 27.7. The lowest BCUT2D eigenvalue weighted by molar-refractivity contribution is -0.200. The quantitative estimate of drug-likeness (QED) is 0.385. The van der Waals surface area contributed by atoms with Crippen LogP contribution in [-0.4, -0.2) is 30.3 Å². The molecule has 0 heterocycles. The molecule has 0 aliphatic heterocycles. The Morgan fingerprint density at radius 3 is 1.69 bits per heavy atom. The van der Waals surface area contributed by atoms with Gasteiger partial charge in [-0.05, 0) is 37.0 Å². The lowest BCUT2D eigenvalue weighted by atomic mass is 9.70. The van der Waals surface area contributed by atoms with E-state index in [-0.39, 0.29) is 23.7 Å². The van der Waals surface area contributed by atoms with E-state index in [1.807, 2.05) is 20.8 Å². The van der Waals surface area contributed by atoms with Crippen LogP contribution in [0.4, 0.5) is 13.2 Å². The molecule has 0 saturated carbocycles. The molecule has 0 rings (SSSR count). The average molecular weight is 425 g/mol. The molecule has 3 atom stereocenters. The molecule has 0 fully saturated rings. The first-order valence-electron chi connectivity index (χ1n) is 10.4. The minimum Gasteiger partial charge on any atom is -0.458 e. The molecule has 0 spiro atoms. The van der Waals surface area contributed by atoms with Crippen molar-refractivity contribution >= 4 is 11.9 Å². The van der Waals surface area contributed by atoms with E-state index in [9.17, 15) is 22.8 Å². The Morgan fingerprint density at radius 2 is 1.34 bits per heavy atom. The van der Waals surface area contributed by atoms with Crippen LogP contribution in [0.25, 0.3) is 0 Å². The summed E-state index contributed by atoms with van der Waals surface area (Å²) in [6, 6.07) is 0. The lowest BCUT2D eigenvalue weighted by Crippen LogP contribution is -2.47. The van der Waals surface area contributed by atoms with Crippen LogP contribution in [0.15, 0.2) is 0 Å². The maximum atomic E-state index is 13.2. The van der Waals surface area contributed by atoms with Crippen LogP contribution >= 0.6 is 0 Å². The summed E-state index contributed by atoms with van der Waals surface area (Å²) >= 11 is 0. The van der Waals surface area contributed by atoms with Crippen molar-refractivity contribution in [2.75, 3.05) is 6.61 Å². The van der Waals surface area contributed by atoms with Crippen molar-refractivity contribution in [2.24, 2.45) is 22.7 Å². The Kier molecular flexibility index (Phi) is 9.72. The van der Waals surface area contributed by atoms with Crippen LogP contribution in [0, 0.1) is 22.7 Å². The summed E-state index contributed by atoms with van der Waals surface area (Å²) in [6.45, 7) is 15.5. The Balaban J connectivity index is 5.62. The van der Waals surface area contributed by atoms with Crippen molar-refractivity contribution in [3.05, 3.63) is 0 Å². The van der Waals surface area contributed by atoms with Crippen molar-refractivity contribution in [3.8, 4) is 0 Å². The van der Waals surface area contributed by atoms with E-state index in [0.29, 0.717) is 6.42 Å². The van der Waals surface area contributed by atoms with E-state index in [2.05, 4.69) is 25.5 Å². The summed E-state index contributed by atoms with van der Waals surface area (Å²) in [5.41, 5.74) is -1.68. The van der Waals surface area contributed by atoms with Crippen LogP contribution in [0.5, 0.6) is 0 Å². The lowest BCUT2D eigenvalue weighted by Gasteiger charge is -2.40. The Bertz CT molecular complexity index is 549. The van der Waals surface area contributed by atoms with Gasteiger partial charge < -0.3 is 9.47 Å². The summed E-state index contributed by atoms with van der Waals surface area (Å²) in [6.07, 6.45) is -2.61. The van der Waals surface area contributed by atoms with Crippen molar-refractivity contribution in [2.45, 2.75) is 99.8 Å². The Hall–Kier alpha value is -1.27. The number of carbonyl (C=O) groups is 2. The number of ether oxygens (including phenoxy) is 2. The van der Waals surface area contributed by atoms with Crippen molar-refractivity contribution in [1.82, 2.24) is 0 Å². The molecule has 0 bridgehead atoms. The number of carbonyl (C=O) groups excluding carboxylic acids is 2. The highest BCUT2D eigenvalue weighted by atomic mass is 19.4. The zero-order valence-electron chi connectivity index (χ0n) is 19.5. The van der Waals surface area contributed by atoms with Crippen LogP contribution in [0.3, 0.4) is 0 Å². The molecule has 0 amide bonds. The molecule has 7 heteroatoms. The van der Waals surface area contributed by atoms with Gasteiger partial charge in [-0.2, -0.15) is 13.2 Å². The van der Waals surface area contributed by atoms with Gasteiger partial charge in [0.2, 0.25) is 0 Å². The number of rotatable bonds is 10. The fraction of sp³-hybridized carbons (Fsp3) is 0.909. The molecule has 0 aliphatic rings. The number of alkyl halides is 3. The SMILES string of the molecule is CCC(C(=O)OCC(F)(F)F)C(C)(CC)OC(=O)C(CC(C)(C)CC)C(C)(C)C. The van der Waals surface area contributed by atoms with Crippen molar-refractivity contribution in [1.29, 1.82) is 0 Å². The summed E-state index contributed by atoms with van der Waals surface area (Å²) in [5, 5.41) is 0. The van der Waals surface area contributed by atoms with Crippen LogP contribution in [0.1, 0.15) is 88.0 Å². The third-order valence-electron chi connectivity index (χ3n) is 5.89. The normalized spacial score (nSPS) is 17.2. The second-order valence-corrected chi connectivity index (χ2v) is 9.91. The van der Waals surface area contributed by atoms with Gasteiger partial charge in [0.1, 0.15) is 5.60 Å². The van der Waals surface area contributed by atoms with Gasteiger partial charge in [-0.1, -0.05) is 61.8 Å². The molecule has 0 saturated heterocycles. The van der Waals surface area contributed by atoms with Gasteiger partial charge in [-0.25, -0.2) is 0 Å². The van der Waals surface area contributed by atoms with E-state index in [4.69, 9.17) is 4.74 Å². The Morgan fingerprint density at radius 1 is 0.828 bits per heavy atom. The largest absolute Gasteiger partial charge is 0.458 e. The van der Waals surface area contributed by atoms with E-state index >= 15 is 0 Å². The minimum atomic E-state index is -4.60. The molecule has 0 aromatic heterocycles. The fourth-order valence-electron chi connectivity index (χ4n) is 3.23. The van der Waals surface area contributed by atoms with Crippen LogP contribution in [0.2, 0.25) is 0 Å². The van der Waals surface area contributed by atoms with Gasteiger partial charge in [0.25, 0.3) is 0 Å². The monoisotopic (exact) mass is 424 g/mol. The van der Waals surface area contributed by atoms with Gasteiger partial charge in [0.05, 0.1) is 11.8 Å². The molecule has 0 N–H and O–H groups in total. The minimum absolute atomic E-state index is 0.0740. The molecule has 29 heavy (non-hydrogen) atoms. The van der Waals surface area contributed by atoms with Crippen molar-refractivity contribution < 1.29 is 32.2 Å². The summed E-state index contributed by atoms with van der Waals surface area (Å²) in [5.74, 6) is -2.81. The van der Waals surface area contributed by atoms with E-state index in [1.54, 1.807) is 20.8 Å². The smallest absolute Gasteiger partial charge is 0.422 e. The maximum absolute atomic E-state index is 13.2. The van der Waals surface area contributed by atoms with E-state index < -0.39 is 42.2 Å². The van der Waals surface area contributed by atoms with Crippen LogP contribution in [-0.2, 0) is 19.1 Å². The van der Waals surface area contributed by atoms with Gasteiger partial charge in [-0.3, -0.25) is 9.59 Å². The molecule has 172 valence electrons. The molecule has 0 aromatic rings. The van der Waals surface area contributed by atoms with Crippen molar-refractivity contribution in [3.63, 3.8) is 0 Å². The highest BCUT2D eigenvalue weighted by Crippen LogP contribution is 2.40. The second-order valence-electron chi connectivity index (χ2n) is 9.91. The number of esters is 2. The number of hydrogen-bond donors (Lipinski definition) is 0. The molecule has 0 aromatic carbocycles. The van der Waals surface area contributed by atoms with Gasteiger partial charge in [-0.15, -0.1) is 0 Å². The topological polar surface area (TPSA) is 52.6 Å². The first-order chi connectivity index (χ1) is 12.9. The summed E-state index contributed by atoms with van der Waals surface area (Å²) < 4.78 is 47.6. The molecule has 0 aliphatic carbocycles. The summed E-state index contributed by atoms with van der Waals surface area (Å²) in [4.78, 5) is 25.5. The zero-order chi connectivity index (χ0) is 23.3. The molecular weight excluding hydrogens is 385 g/mol. The zero-order valence-corrected chi connectivity index (χ0v) is 19.5. The van der Waals surface area contributed by atoms with E-state index in [0.717, 1.165) is 6.42 Å². The number of hydrogen-bond acceptors (Lipinski definition) is 4. The highest BCUT2D eigenvalue weighted by Gasteiger charge is 2.45. The van der Waals surface area contributed by atoms with Gasteiger partial charge in [0, 0.05) is 0 Å². The maximum Gasteiger partial charge on any atom is 0.422 e. The standard InChI is InChI=1S/C22H39F3O4/c1-10-15(17(26)28-14-22(23,24)25)21(9,12-3)29-18(27)16(19(4,5)6)13-20(7,8)11-2/h15-16H,10-14H2,1-9H3. The second kappa shape index (κ2) is 10.2. The first-order valence-corrected chi connectivity index (χ1v) is 10.4. The van der Waals surface area contributed by atoms with E-state index in [1.165, 1.54) is 0 Å². The van der Waals surface area contributed by atoms with Gasteiger partial charge >= 0.3 is 18.1 Å².